The first-order valence-electron chi connectivity index (χ1n) is 9.02. The minimum Gasteiger partial charge on any atom is -0.466 e. The molecule has 1 atom stereocenters. The Balaban J connectivity index is 0.00000729. The molecule has 1 heterocycles. The number of hydrogen-bond donors (Lipinski definition) is 3. The topological polar surface area (TPSA) is 73.0 Å². The lowest BCUT2D eigenvalue weighted by Crippen LogP contribution is -2.40. The van der Waals surface area contributed by atoms with Crippen molar-refractivity contribution in [3.63, 3.8) is 0 Å². The summed E-state index contributed by atoms with van der Waals surface area (Å²) >= 11 is 0. The first-order chi connectivity index (χ1) is 12.4. The monoisotopic (exact) mass is 520 g/mol. The molecule has 1 aromatic heterocycles. The van der Waals surface area contributed by atoms with Crippen molar-refractivity contribution in [1.82, 2.24) is 15.5 Å². The van der Waals surface area contributed by atoms with Crippen LogP contribution in [0, 0.1) is 13.8 Å². The highest BCUT2D eigenvalue weighted by Gasteiger charge is 2.29. The number of guanidine groups is 1. The maximum Gasteiger partial charge on any atom is 0.401 e. The van der Waals surface area contributed by atoms with E-state index in [0.717, 1.165) is 5.76 Å². The Morgan fingerprint density at radius 3 is 2.43 bits per heavy atom. The Kier molecular flexibility index (Phi) is 11.4. The molecule has 28 heavy (non-hydrogen) atoms. The number of rotatable bonds is 9. The van der Waals surface area contributed by atoms with Crippen LogP contribution in [0.25, 0.3) is 0 Å². The summed E-state index contributed by atoms with van der Waals surface area (Å²) in [6.07, 6.45) is -3.65. The molecule has 1 rings (SSSR count). The van der Waals surface area contributed by atoms with E-state index < -0.39 is 18.3 Å². The van der Waals surface area contributed by atoms with E-state index in [2.05, 4.69) is 15.6 Å². The van der Waals surface area contributed by atoms with Crippen molar-refractivity contribution in [2.45, 2.75) is 45.9 Å². The van der Waals surface area contributed by atoms with E-state index in [0.29, 0.717) is 43.3 Å². The molecule has 1 aromatic rings. The first kappa shape index (κ1) is 27.0. The number of halogens is 4. The van der Waals surface area contributed by atoms with E-state index >= 15 is 0 Å². The van der Waals surface area contributed by atoms with Gasteiger partial charge < -0.3 is 20.2 Å². The number of alkyl halides is 3. The second-order valence-corrected chi connectivity index (χ2v) is 6.93. The predicted octanol–water partition coefficient (Wildman–Crippen LogP) is 3.16. The summed E-state index contributed by atoms with van der Waals surface area (Å²) in [5.41, 5.74) is -0.495. The Morgan fingerprint density at radius 2 is 1.93 bits per heavy atom. The Hall–Kier alpha value is -1.01. The van der Waals surface area contributed by atoms with E-state index in [-0.39, 0.29) is 30.5 Å². The van der Waals surface area contributed by atoms with Gasteiger partial charge in [0.2, 0.25) is 0 Å². The van der Waals surface area contributed by atoms with Crippen molar-refractivity contribution < 1.29 is 22.7 Å². The zero-order valence-electron chi connectivity index (χ0n) is 17.1. The molecule has 0 aliphatic heterocycles. The van der Waals surface area contributed by atoms with Crippen LogP contribution in [0.1, 0.15) is 37.4 Å². The van der Waals surface area contributed by atoms with Crippen LogP contribution in [0.15, 0.2) is 15.5 Å². The zero-order valence-corrected chi connectivity index (χ0v) is 19.4. The van der Waals surface area contributed by atoms with Crippen molar-refractivity contribution in [1.29, 1.82) is 0 Å². The predicted molar refractivity (Wildman–Crippen MR) is 115 cm³/mol. The lowest BCUT2D eigenvalue weighted by atomic mass is 9.96. The smallest absolute Gasteiger partial charge is 0.401 e. The summed E-state index contributed by atoms with van der Waals surface area (Å²) in [7, 11) is 1.44. The summed E-state index contributed by atoms with van der Waals surface area (Å²) in [4.78, 5) is 5.63. The van der Waals surface area contributed by atoms with Gasteiger partial charge in [0.1, 0.15) is 17.1 Å². The lowest BCUT2D eigenvalue weighted by Gasteiger charge is -2.22. The Morgan fingerprint density at radius 1 is 1.29 bits per heavy atom. The molecule has 10 heteroatoms. The van der Waals surface area contributed by atoms with Crippen LogP contribution in [-0.2, 0) is 5.60 Å². The third kappa shape index (κ3) is 9.97. The molecule has 0 aromatic carbocycles. The highest BCUT2D eigenvalue weighted by atomic mass is 127. The summed E-state index contributed by atoms with van der Waals surface area (Å²) in [6, 6.07) is 1.79. The molecule has 3 N–H and O–H groups in total. The molecule has 0 saturated carbocycles. The average Bonchev–Trinajstić information content (AvgIpc) is 2.86. The van der Waals surface area contributed by atoms with Gasteiger partial charge in [0, 0.05) is 18.7 Å². The van der Waals surface area contributed by atoms with Crippen molar-refractivity contribution in [2.75, 3.05) is 39.8 Å². The highest BCUT2D eigenvalue weighted by Crippen LogP contribution is 2.27. The van der Waals surface area contributed by atoms with Crippen LogP contribution in [-0.4, -0.2) is 61.9 Å². The van der Waals surface area contributed by atoms with Crippen LogP contribution in [0.3, 0.4) is 0 Å². The molecule has 0 spiro atoms. The third-order valence-corrected chi connectivity index (χ3v) is 3.97. The number of hydrogen-bond acceptors (Lipinski definition) is 4. The molecular weight excluding hydrogens is 488 g/mol. The van der Waals surface area contributed by atoms with Gasteiger partial charge in [-0.25, -0.2) is 4.99 Å². The minimum atomic E-state index is -4.19. The highest BCUT2D eigenvalue weighted by molar-refractivity contribution is 14.0. The van der Waals surface area contributed by atoms with E-state index in [1.807, 2.05) is 13.8 Å². The molecule has 0 radical (unpaired) electrons. The molecule has 0 amide bonds. The second kappa shape index (κ2) is 11.9. The standard InChI is InChI=1S/C18H31F3N4O2.HI/c1-6-22-16(23-8-7-9-25(5)12-18(19,20)21)24-11-17(4,26)15-10-13(2)27-14(15)3;/h10,26H,6-9,11-12H2,1-5H3,(H2,22,23,24);1H. The van der Waals surface area contributed by atoms with Crippen molar-refractivity contribution in [3.8, 4) is 0 Å². The van der Waals surface area contributed by atoms with Crippen LogP contribution >= 0.6 is 24.0 Å². The quantitative estimate of drug-likeness (QED) is 0.202. The van der Waals surface area contributed by atoms with Gasteiger partial charge in [0.05, 0.1) is 13.1 Å². The Labute approximate surface area is 182 Å². The van der Waals surface area contributed by atoms with Gasteiger partial charge in [-0.3, -0.25) is 4.90 Å². The van der Waals surface area contributed by atoms with Crippen LogP contribution in [0.4, 0.5) is 13.2 Å². The number of nitrogens with zero attached hydrogens (tertiary/aromatic N) is 2. The van der Waals surface area contributed by atoms with Crippen molar-refractivity contribution >= 4 is 29.9 Å². The third-order valence-electron chi connectivity index (χ3n) is 3.97. The molecule has 6 nitrogen and oxygen atoms in total. The van der Waals surface area contributed by atoms with Gasteiger partial charge in [-0.15, -0.1) is 24.0 Å². The number of aliphatic hydroxyl groups is 1. The average molecular weight is 520 g/mol. The summed E-state index contributed by atoms with van der Waals surface area (Å²) < 4.78 is 42.4. The molecule has 1 unspecified atom stereocenters. The Bertz CT molecular complexity index is 618. The maximum absolute atomic E-state index is 12.3. The summed E-state index contributed by atoms with van der Waals surface area (Å²) in [5, 5.41) is 16.9. The molecular formula is C18H32F3IN4O2. The van der Waals surface area contributed by atoms with Gasteiger partial charge in [-0.05, 0) is 53.8 Å². The maximum atomic E-state index is 12.3. The first-order valence-corrected chi connectivity index (χ1v) is 9.02. The van der Waals surface area contributed by atoms with Gasteiger partial charge in [-0.2, -0.15) is 13.2 Å². The largest absolute Gasteiger partial charge is 0.466 e. The van der Waals surface area contributed by atoms with E-state index in [4.69, 9.17) is 4.42 Å². The number of aryl methyl sites for hydroxylation is 2. The fourth-order valence-corrected chi connectivity index (χ4v) is 2.77. The SMILES string of the molecule is CCNC(=NCC(C)(O)c1cc(C)oc1C)NCCCN(C)CC(F)(F)F.I. The number of nitrogens with one attached hydrogen (secondary N) is 2. The number of aliphatic imine (C=N–C) groups is 1. The molecule has 0 aliphatic rings. The second-order valence-electron chi connectivity index (χ2n) is 6.93. The zero-order chi connectivity index (χ0) is 20.7. The lowest BCUT2D eigenvalue weighted by molar-refractivity contribution is -0.143. The molecule has 164 valence electrons. The van der Waals surface area contributed by atoms with Crippen molar-refractivity contribution in [3.05, 3.63) is 23.2 Å². The summed E-state index contributed by atoms with van der Waals surface area (Å²) in [5.74, 6) is 1.88. The molecule has 0 saturated heterocycles. The normalized spacial score (nSPS) is 14.6. The molecule has 0 fully saturated rings. The van der Waals surface area contributed by atoms with Crippen LogP contribution in [0.2, 0.25) is 0 Å². The molecule has 0 bridgehead atoms. The minimum absolute atomic E-state index is 0. The van der Waals surface area contributed by atoms with Crippen molar-refractivity contribution in [2.24, 2.45) is 4.99 Å². The van der Waals surface area contributed by atoms with E-state index in [9.17, 15) is 18.3 Å². The van der Waals surface area contributed by atoms with Gasteiger partial charge in [0.25, 0.3) is 0 Å². The number of furan rings is 1. The fraction of sp³-hybridized carbons (Fsp3) is 0.722. The van der Waals surface area contributed by atoms with Gasteiger partial charge in [-0.1, -0.05) is 0 Å². The van der Waals surface area contributed by atoms with E-state index in [1.54, 1.807) is 19.9 Å². The molecule has 0 aliphatic carbocycles. The van der Waals surface area contributed by atoms with E-state index in [1.165, 1.54) is 11.9 Å². The van der Waals surface area contributed by atoms with Crippen LogP contribution < -0.4 is 10.6 Å². The van der Waals surface area contributed by atoms with Gasteiger partial charge in [0.15, 0.2) is 5.96 Å². The summed E-state index contributed by atoms with van der Waals surface area (Å²) in [6.45, 7) is 7.81. The van der Waals surface area contributed by atoms with Crippen LogP contribution in [0.5, 0.6) is 0 Å². The fourth-order valence-electron chi connectivity index (χ4n) is 2.77. The van der Waals surface area contributed by atoms with Gasteiger partial charge >= 0.3 is 6.18 Å².